The number of anilines is 1. The molecular formula is C15H19N3O. The second-order valence-electron chi connectivity index (χ2n) is 5.23. The van der Waals surface area contributed by atoms with Gasteiger partial charge in [-0.3, -0.25) is 0 Å². The molecule has 1 aliphatic rings. The third-order valence-electron chi connectivity index (χ3n) is 3.95. The summed E-state index contributed by atoms with van der Waals surface area (Å²) in [7, 11) is 0. The highest BCUT2D eigenvalue weighted by atomic mass is 16.5. The number of nitrogens with two attached hydrogens (primary N) is 1. The molecule has 1 atom stereocenters. The van der Waals surface area contributed by atoms with Crippen molar-refractivity contribution in [3.8, 4) is 0 Å². The van der Waals surface area contributed by atoms with E-state index in [0.717, 1.165) is 36.5 Å². The predicted molar refractivity (Wildman–Crippen MR) is 74.7 cm³/mol. The van der Waals surface area contributed by atoms with E-state index in [1.54, 1.807) is 0 Å². The standard InChI is InChI=1S/C15H19N3O/c1-9-14(10(2)19-18-9)8-17-15-6-3-11-7-12(16)4-5-13(11)15/h4-5,7,15,17H,3,6,8,16H2,1-2H3. The third-order valence-corrected chi connectivity index (χ3v) is 3.95. The maximum atomic E-state index is 5.83. The Morgan fingerprint density at radius 2 is 2.26 bits per heavy atom. The highest BCUT2D eigenvalue weighted by Crippen LogP contribution is 2.32. The van der Waals surface area contributed by atoms with Crippen molar-refractivity contribution in [1.82, 2.24) is 10.5 Å². The molecular weight excluding hydrogens is 238 g/mol. The molecule has 1 aromatic heterocycles. The molecule has 1 aliphatic carbocycles. The van der Waals surface area contributed by atoms with E-state index in [2.05, 4.69) is 22.6 Å². The number of aromatic nitrogens is 1. The van der Waals surface area contributed by atoms with Gasteiger partial charge in [0.15, 0.2) is 0 Å². The van der Waals surface area contributed by atoms with Crippen LogP contribution in [-0.4, -0.2) is 5.16 Å². The zero-order chi connectivity index (χ0) is 13.4. The Kier molecular flexibility index (Phi) is 3.03. The van der Waals surface area contributed by atoms with Gasteiger partial charge in [-0.25, -0.2) is 0 Å². The van der Waals surface area contributed by atoms with Crippen LogP contribution in [0.4, 0.5) is 5.69 Å². The smallest absolute Gasteiger partial charge is 0.138 e. The molecule has 19 heavy (non-hydrogen) atoms. The van der Waals surface area contributed by atoms with E-state index in [9.17, 15) is 0 Å². The average Bonchev–Trinajstić information content (AvgIpc) is 2.92. The fourth-order valence-electron chi connectivity index (χ4n) is 2.83. The molecule has 1 heterocycles. The topological polar surface area (TPSA) is 64.1 Å². The number of nitrogens with zero attached hydrogens (tertiary/aromatic N) is 1. The first-order valence-electron chi connectivity index (χ1n) is 6.68. The van der Waals surface area contributed by atoms with Crippen LogP contribution in [0.2, 0.25) is 0 Å². The van der Waals surface area contributed by atoms with Crippen molar-refractivity contribution in [3.05, 3.63) is 46.3 Å². The van der Waals surface area contributed by atoms with Crippen molar-refractivity contribution in [1.29, 1.82) is 0 Å². The summed E-state index contributed by atoms with van der Waals surface area (Å²) in [6.45, 7) is 4.74. The van der Waals surface area contributed by atoms with Crippen LogP contribution in [0.25, 0.3) is 0 Å². The number of aryl methyl sites for hydroxylation is 3. The number of hydrogen-bond acceptors (Lipinski definition) is 4. The summed E-state index contributed by atoms with van der Waals surface area (Å²) >= 11 is 0. The van der Waals surface area contributed by atoms with Crippen LogP contribution in [0.1, 0.15) is 40.6 Å². The summed E-state index contributed by atoms with van der Waals surface area (Å²) in [5.41, 5.74) is 11.6. The van der Waals surface area contributed by atoms with Gasteiger partial charge in [0.05, 0.1) is 5.69 Å². The van der Waals surface area contributed by atoms with Crippen molar-refractivity contribution in [2.45, 2.75) is 39.3 Å². The molecule has 0 bridgehead atoms. The van der Waals surface area contributed by atoms with Gasteiger partial charge in [-0.15, -0.1) is 0 Å². The van der Waals surface area contributed by atoms with Crippen LogP contribution in [-0.2, 0) is 13.0 Å². The van der Waals surface area contributed by atoms with Crippen molar-refractivity contribution in [2.24, 2.45) is 0 Å². The fourth-order valence-corrected chi connectivity index (χ4v) is 2.83. The van der Waals surface area contributed by atoms with Crippen molar-refractivity contribution in [2.75, 3.05) is 5.73 Å². The van der Waals surface area contributed by atoms with Crippen molar-refractivity contribution >= 4 is 5.69 Å². The predicted octanol–water partition coefficient (Wildman–Crippen LogP) is 2.65. The third kappa shape index (κ3) is 2.24. The van der Waals surface area contributed by atoms with Gasteiger partial charge in [0.1, 0.15) is 5.76 Å². The Balaban J connectivity index is 1.73. The fraction of sp³-hybridized carbons (Fsp3) is 0.400. The van der Waals surface area contributed by atoms with Crippen molar-refractivity contribution < 1.29 is 4.52 Å². The van der Waals surface area contributed by atoms with Crippen LogP contribution in [0.15, 0.2) is 22.7 Å². The number of nitrogen functional groups attached to an aromatic ring is 1. The Morgan fingerprint density at radius 3 is 3.00 bits per heavy atom. The summed E-state index contributed by atoms with van der Waals surface area (Å²) in [5.74, 6) is 0.903. The van der Waals surface area contributed by atoms with Gasteiger partial charge in [0.25, 0.3) is 0 Å². The van der Waals surface area contributed by atoms with Crippen molar-refractivity contribution in [3.63, 3.8) is 0 Å². The summed E-state index contributed by atoms with van der Waals surface area (Å²) in [5, 5.41) is 7.59. The van der Waals surface area contributed by atoms with Crippen LogP contribution in [0.5, 0.6) is 0 Å². The molecule has 0 radical (unpaired) electrons. The Bertz CT molecular complexity index is 584. The number of nitrogens with one attached hydrogen (secondary N) is 1. The largest absolute Gasteiger partial charge is 0.399 e. The number of fused-ring (bicyclic) bond motifs is 1. The summed E-state index contributed by atoms with van der Waals surface area (Å²) < 4.78 is 5.19. The lowest BCUT2D eigenvalue weighted by atomic mass is 10.1. The van der Waals surface area contributed by atoms with Crippen LogP contribution in [0, 0.1) is 13.8 Å². The Hall–Kier alpha value is -1.81. The molecule has 100 valence electrons. The zero-order valence-corrected chi connectivity index (χ0v) is 11.4. The molecule has 0 aliphatic heterocycles. The molecule has 0 saturated heterocycles. The highest BCUT2D eigenvalue weighted by molar-refractivity contribution is 5.47. The minimum atomic E-state index is 0.407. The van der Waals surface area contributed by atoms with Gasteiger partial charge in [-0.05, 0) is 49.9 Å². The van der Waals surface area contributed by atoms with E-state index in [-0.39, 0.29) is 0 Å². The Morgan fingerprint density at radius 1 is 1.42 bits per heavy atom. The SMILES string of the molecule is Cc1noc(C)c1CNC1CCc2cc(N)ccc21. The molecule has 2 aromatic rings. The lowest BCUT2D eigenvalue weighted by Gasteiger charge is -2.14. The van der Waals surface area contributed by atoms with Gasteiger partial charge in [0.2, 0.25) is 0 Å². The molecule has 1 unspecified atom stereocenters. The van der Waals surface area contributed by atoms with Crippen LogP contribution in [0.3, 0.4) is 0 Å². The van der Waals surface area contributed by atoms with E-state index in [1.807, 2.05) is 19.9 Å². The molecule has 4 heteroatoms. The summed E-state index contributed by atoms with van der Waals surface area (Å²) in [4.78, 5) is 0. The van der Waals surface area contributed by atoms with E-state index < -0.39 is 0 Å². The molecule has 1 aromatic carbocycles. The maximum Gasteiger partial charge on any atom is 0.138 e. The quantitative estimate of drug-likeness (QED) is 0.830. The molecule has 0 saturated carbocycles. The molecule has 0 amide bonds. The summed E-state index contributed by atoms with van der Waals surface area (Å²) in [6, 6.07) is 6.62. The zero-order valence-electron chi connectivity index (χ0n) is 11.4. The maximum absolute atomic E-state index is 5.83. The number of benzene rings is 1. The Labute approximate surface area is 113 Å². The molecule has 0 spiro atoms. The van der Waals surface area contributed by atoms with E-state index >= 15 is 0 Å². The molecule has 0 fully saturated rings. The first kappa shape index (κ1) is 12.2. The first-order valence-corrected chi connectivity index (χ1v) is 6.68. The van der Waals surface area contributed by atoms with Crippen LogP contribution < -0.4 is 11.1 Å². The molecule has 3 N–H and O–H groups in total. The van der Waals surface area contributed by atoms with Gasteiger partial charge >= 0.3 is 0 Å². The minimum Gasteiger partial charge on any atom is -0.399 e. The number of hydrogen-bond donors (Lipinski definition) is 2. The monoisotopic (exact) mass is 257 g/mol. The van der Waals surface area contributed by atoms with Gasteiger partial charge < -0.3 is 15.6 Å². The molecule has 4 nitrogen and oxygen atoms in total. The first-order chi connectivity index (χ1) is 9.15. The van der Waals surface area contributed by atoms with E-state index in [0.29, 0.717) is 6.04 Å². The van der Waals surface area contributed by atoms with E-state index in [4.69, 9.17) is 10.3 Å². The average molecular weight is 257 g/mol. The van der Waals surface area contributed by atoms with Gasteiger partial charge in [-0.1, -0.05) is 11.2 Å². The second kappa shape index (κ2) is 4.70. The number of rotatable bonds is 3. The van der Waals surface area contributed by atoms with Crippen LogP contribution >= 0.6 is 0 Å². The normalized spacial score (nSPS) is 17.7. The molecule has 3 rings (SSSR count). The lowest BCUT2D eigenvalue weighted by Crippen LogP contribution is -2.19. The lowest BCUT2D eigenvalue weighted by molar-refractivity contribution is 0.391. The second-order valence-corrected chi connectivity index (χ2v) is 5.23. The summed E-state index contributed by atoms with van der Waals surface area (Å²) in [6.07, 6.45) is 2.22. The van der Waals surface area contributed by atoms with Gasteiger partial charge in [0, 0.05) is 23.8 Å². The van der Waals surface area contributed by atoms with E-state index in [1.165, 1.54) is 16.7 Å². The highest BCUT2D eigenvalue weighted by Gasteiger charge is 2.22. The minimum absolute atomic E-state index is 0.407. The van der Waals surface area contributed by atoms with Gasteiger partial charge in [-0.2, -0.15) is 0 Å².